The molecule has 0 radical (unpaired) electrons. The van der Waals surface area contributed by atoms with Crippen LogP contribution in [0.4, 0.5) is 20.1 Å². The molecule has 146 heavy (non-hydrogen) atoms. The zero-order valence-electron chi connectivity index (χ0n) is 88.2. The number of benzene rings is 5. The molecule has 1 aliphatic carbocycles. The van der Waals surface area contributed by atoms with Crippen LogP contribution in [0.5, 0.6) is 0 Å². The Morgan fingerprint density at radius 3 is 1.90 bits per heavy atom. The maximum atomic E-state index is 15.1. The topological polar surface area (TPSA) is 425 Å². The van der Waals surface area contributed by atoms with E-state index in [0.717, 1.165) is 49.4 Å². The number of rotatable bonds is 54. The molecule has 796 valence electrons. The Morgan fingerprint density at radius 2 is 1.27 bits per heavy atom. The quantitative estimate of drug-likeness (QED) is 0.00805. The molecule has 10 rings (SSSR count). The fraction of sp³-hybridized carbons (Fsp3) is 0.560. The van der Waals surface area contributed by atoms with Gasteiger partial charge in [-0.2, -0.15) is 0 Å². The van der Waals surface area contributed by atoms with Crippen molar-refractivity contribution in [1.29, 1.82) is 0 Å². The van der Waals surface area contributed by atoms with E-state index in [0.29, 0.717) is 82.5 Å². The second-order valence-corrected chi connectivity index (χ2v) is 41.2. The second kappa shape index (κ2) is 55.9. The number of aryl methyl sites for hydroxylation is 1. The standard InChI is InChI=1S/C109H154N16O20S/c1-19-72(8)98(89(139-17)65-93(129)125-53-30-40-88(125)99(140-18)73(9)100(131)115-86(104-111-52-62-146-104)63-74-31-21-20-22-32-74)119(14)105(135)96(70(4)5)117-103(134)97(71(6)7)120(15)107(137)143-67-75-41-43-77(44-42-75)113-101(132)85(38-29-51-112-106(110)136)114-102(133)95(69(2)3)116-90(126)45-46-92(128)124(57-59-142-61-60-141-58-50-94(130)145-109(10,11)12)78-47-54-122(55-48-78)91(127)49-56-123-79(64-76-33-23-28-39-87(76)123)66-118(13)121(16)108(138)144-68-84-82-36-26-24-34-80(82)81-35-25-27-37-83(81)84/h20-28,31-37,39,41-44,52,62,64,69-73,78,84-86,88-89,95-99H,19,29-30,38,40,45-51,53-61,63,65-68H2,1-18H3,(H,113,132)(H,114,133)(H,115,131)(H,116,126)(H,117,134)(H3,110,112,136)/t72-,73+,85-,86-,88-,89+,95-,96-,97-,98-,99+/m0/s1. The zero-order valence-corrected chi connectivity index (χ0v) is 89.0. The molecule has 4 heterocycles. The van der Waals surface area contributed by atoms with Crippen LogP contribution >= 0.6 is 11.3 Å². The first kappa shape index (κ1) is 115. The van der Waals surface area contributed by atoms with E-state index in [-0.39, 0.29) is 145 Å². The van der Waals surface area contributed by atoms with Gasteiger partial charge in [-0.3, -0.25) is 52.8 Å². The number of para-hydroxylation sites is 1. The number of nitrogens with zero attached hydrogens (tertiary/aromatic N) is 9. The molecule has 13 amide bonds. The van der Waals surface area contributed by atoms with Crippen LogP contribution in [-0.2, 0) is 107 Å². The summed E-state index contributed by atoms with van der Waals surface area (Å²) in [5, 5.41) is 24.0. The molecule has 2 aliphatic heterocycles. The Hall–Kier alpha value is -12.4. The maximum Gasteiger partial charge on any atom is 0.424 e. The van der Waals surface area contributed by atoms with Gasteiger partial charge in [0.1, 0.15) is 48.0 Å². The number of primary amides is 1. The number of thiazole rings is 1. The van der Waals surface area contributed by atoms with E-state index in [1.807, 2.05) is 112 Å². The Morgan fingerprint density at radius 1 is 0.623 bits per heavy atom. The average molecular weight is 2040 g/mol. The number of esters is 1. The van der Waals surface area contributed by atoms with Crippen LogP contribution in [-0.4, -0.2) is 290 Å². The van der Waals surface area contributed by atoms with Gasteiger partial charge >= 0.3 is 24.2 Å². The van der Waals surface area contributed by atoms with Crippen molar-refractivity contribution >= 4 is 105 Å². The number of anilines is 1. The first-order valence-corrected chi connectivity index (χ1v) is 52.0. The van der Waals surface area contributed by atoms with Crippen molar-refractivity contribution in [1.82, 2.24) is 70.7 Å². The Labute approximate surface area is 862 Å². The lowest BCUT2D eigenvalue weighted by Gasteiger charge is -2.41. The number of amides is 13. The molecule has 3 aliphatic rings. The summed E-state index contributed by atoms with van der Waals surface area (Å²) in [5.74, 6) is -6.71. The van der Waals surface area contributed by atoms with E-state index < -0.39 is 131 Å². The molecule has 36 nitrogen and oxygen atoms in total. The predicted octanol–water partition coefficient (Wildman–Crippen LogP) is 12.5. The monoisotopic (exact) mass is 2040 g/mol. The molecule has 0 saturated carbocycles. The van der Waals surface area contributed by atoms with Crippen molar-refractivity contribution in [3.05, 3.63) is 178 Å². The van der Waals surface area contributed by atoms with Crippen LogP contribution in [0.25, 0.3) is 22.0 Å². The van der Waals surface area contributed by atoms with Gasteiger partial charge in [0.25, 0.3) is 0 Å². The molecule has 37 heteroatoms. The fourth-order valence-electron chi connectivity index (χ4n) is 19.6. The first-order chi connectivity index (χ1) is 69.7. The van der Waals surface area contributed by atoms with Gasteiger partial charge in [-0.25, -0.2) is 29.4 Å². The predicted molar refractivity (Wildman–Crippen MR) is 557 cm³/mol. The minimum atomic E-state index is -1.23. The van der Waals surface area contributed by atoms with Crippen LogP contribution in [0, 0.1) is 29.6 Å². The molecule has 0 spiro atoms. The molecule has 11 atom stereocenters. The highest BCUT2D eigenvalue weighted by Crippen LogP contribution is 2.45. The van der Waals surface area contributed by atoms with E-state index in [2.05, 4.69) is 71.8 Å². The third-order valence-electron chi connectivity index (χ3n) is 27.7. The summed E-state index contributed by atoms with van der Waals surface area (Å²) in [7, 11) is 9.63. The number of urea groups is 1. The number of likely N-dealkylation sites (tertiary alicyclic amines) is 2. The number of carbonyl (C=O) groups is 13. The number of hydrogen-bond donors (Lipinski definition) is 7. The smallest absolute Gasteiger partial charge is 0.424 e. The number of piperidine rings is 1. The van der Waals surface area contributed by atoms with Gasteiger partial charge in [-0.15, -0.1) is 11.3 Å². The number of likely N-dealkylation sites (N-methyl/N-ethyl adjacent to an activating group) is 2. The van der Waals surface area contributed by atoms with Crippen LogP contribution in [0.15, 0.2) is 145 Å². The molecule has 2 saturated heterocycles. The summed E-state index contributed by atoms with van der Waals surface area (Å²) < 4.78 is 43.2. The summed E-state index contributed by atoms with van der Waals surface area (Å²) in [5.41, 5.74) is 12.9. The SMILES string of the molecule is CC[C@H](C)[C@@H]([C@@H](CC(=O)N1CCC[C@H]1[C@H](OC)[C@@H](C)C(=O)N[C@@H](Cc1ccccc1)c1nccs1)OC)N(C)C(=O)[C@@H](NC(=O)[C@H](C(C)C)N(C)C(=O)OCc1ccc(NC(=O)[C@H](CCCNC(N)=O)NC(=O)[C@@H](NC(=O)CCC(=O)N(CCOCCOCCC(=O)OC(C)(C)C)C2CCN(C(=O)CCn3c(CN(C)N(C)C(=O)OCC4c5ccccc5-c5ccccc54)cc4ccccc43)CC2)C(C)C)cc1)C(C)C. The molecular formula is C109H154N16O20S. The Balaban J connectivity index is 0.710. The van der Waals surface area contributed by atoms with Crippen molar-refractivity contribution in [3.63, 3.8) is 0 Å². The lowest BCUT2D eigenvalue weighted by Crippen LogP contribution is -2.60. The van der Waals surface area contributed by atoms with Crippen LogP contribution in [0.1, 0.15) is 205 Å². The maximum absolute atomic E-state index is 15.1. The summed E-state index contributed by atoms with van der Waals surface area (Å²) in [6.45, 7) is 24.1. The largest absolute Gasteiger partial charge is 0.460 e. The normalized spacial score (nSPS) is 15.8. The molecule has 2 aromatic heterocycles. The third-order valence-corrected chi connectivity index (χ3v) is 28.6. The second-order valence-electron chi connectivity index (χ2n) is 40.3. The zero-order chi connectivity index (χ0) is 106. The van der Waals surface area contributed by atoms with Crippen molar-refractivity contribution in [2.24, 2.45) is 35.3 Å². The van der Waals surface area contributed by atoms with Crippen molar-refractivity contribution in [3.8, 4) is 11.1 Å². The number of methoxy groups -OCH3 is 2. The van der Waals surface area contributed by atoms with E-state index in [1.165, 1.54) is 35.4 Å². The van der Waals surface area contributed by atoms with Crippen LogP contribution < -0.4 is 37.6 Å². The highest BCUT2D eigenvalue weighted by Gasteiger charge is 2.46. The summed E-state index contributed by atoms with van der Waals surface area (Å²) in [6, 6.07) is 35.3. The number of hydrogen-bond acceptors (Lipinski definition) is 23. The summed E-state index contributed by atoms with van der Waals surface area (Å²) in [6.07, 6.45) is 1.93. The number of ether oxygens (including phenoxy) is 7. The molecular weight excluding hydrogens is 1890 g/mol. The van der Waals surface area contributed by atoms with Gasteiger partial charge in [-0.05, 0) is 152 Å². The van der Waals surface area contributed by atoms with E-state index in [4.69, 9.17) is 38.9 Å². The molecule has 5 aromatic carbocycles. The number of nitrogens with one attached hydrogen (secondary N) is 6. The minimum Gasteiger partial charge on any atom is -0.460 e. The summed E-state index contributed by atoms with van der Waals surface area (Å²) in [4.78, 5) is 195. The van der Waals surface area contributed by atoms with Crippen LogP contribution in [0.2, 0.25) is 0 Å². The lowest BCUT2D eigenvalue weighted by atomic mass is 9.89. The van der Waals surface area contributed by atoms with Crippen molar-refractivity contribution < 1.29 is 95.5 Å². The van der Waals surface area contributed by atoms with Gasteiger partial charge in [0.15, 0.2) is 0 Å². The average Bonchev–Trinajstić information content (AvgIpc) is 1.60. The van der Waals surface area contributed by atoms with E-state index >= 15 is 4.79 Å². The molecule has 0 bridgehead atoms. The van der Waals surface area contributed by atoms with Gasteiger partial charge in [0.05, 0.1) is 82.1 Å². The van der Waals surface area contributed by atoms with Crippen LogP contribution in [0.3, 0.4) is 0 Å². The summed E-state index contributed by atoms with van der Waals surface area (Å²) >= 11 is 1.46. The first-order valence-electron chi connectivity index (χ1n) is 51.1. The number of carbonyl (C=O) groups excluding carboxylic acids is 13. The molecule has 8 N–H and O–H groups in total. The highest BCUT2D eigenvalue weighted by atomic mass is 32.1. The minimum absolute atomic E-state index is 0.00619. The molecule has 0 unspecified atom stereocenters. The Kier molecular flexibility index (Phi) is 44.2. The lowest BCUT2D eigenvalue weighted by molar-refractivity contribution is -0.156. The number of hydrazine groups is 1. The highest BCUT2D eigenvalue weighted by molar-refractivity contribution is 7.09. The molecule has 7 aromatic rings. The molecule has 2 fully saturated rings. The van der Waals surface area contributed by atoms with Crippen molar-refractivity contribution in [2.75, 3.05) is 113 Å². The van der Waals surface area contributed by atoms with Gasteiger partial charge < -0.3 is 95.0 Å². The number of fused-ring (bicyclic) bond motifs is 4. The van der Waals surface area contributed by atoms with Gasteiger partial charge in [-0.1, -0.05) is 178 Å². The Bertz CT molecular complexity index is 5430. The van der Waals surface area contributed by atoms with Gasteiger partial charge in [0.2, 0.25) is 53.2 Å². The number of aromatic nitrogens is 2. The van der Waals surface area contributed by atoms with E-state index in [9.17, 15) is 57.5 Å². The van der Waals surface area contributed by atoms with Gasteiger partial charge in [0, 0.05) is 141 Å². The van der Waals surface area contributed by atoms with Crippen molar-refractivity contribution in [2.45, 2.75) is 258 Å². The fourth-order valence-corrected chi connectivity index (χ4v) is 20.3. The third kappa shape index (κ3) is 32.5. The number of nitrogens with two attached hydrogens (primary N) is 1. The van der Waals surface area contributed by atoms with E-state index in [1.54, 1.807) is 139 Å².